The lowest BCUT2D eigenvalue weighted by Crippen LogP contribution is -2.46. The number of carbonyl (C=O) groups is 2. The van der Waals surface area contributed by atoms with Crippen LogP contribution in [-0.4, -0.2) is 46.0 Å². The van der Waals surface area contributed by atoms with Crippen molar-refractivity contribution in [1.82, 2.24) is 10.3 Å². The molecule has 8 nitrogen and oxygen atoms in total. The number of ether oxygens (including phenoxy) is 2. The third-order valence-electron chi connectivity index (χ3n) is 6.24. The number of hydrogen-bond donors (Lipinski definition) is 4. The summed E-state index contributed by atoms with van der Waals surface area (Å²) < 4.78 is 10.8. The van der Waals surface area contributed by atoms with Crippen molar-refractivity contribution in [2.75, 3.05) is 6.79 Å². The molecular weight excluding hydrogens is 436 g/mol. The largest absolute Gasteiger partial charge is 0.480 e. The number of hydrogen-bond acceptors (Lipinski definition) is 5. The van der Waals surface area contributed by atoms with Gasteiger partial charge in [-0.3, -0.25) is 4.79 Å². The second kappa shape index (κ2) is 10.6. The standard InChI is InChI=1S/C26H30N2O6/c1-2-3-4-9-21(29)24(16-10-11-22-23(13-16)34-15-33-22)25(30)28-20(26(31)32)12-17-14-27-19-8-6-5-7-18(17)19/h5-8,10-11,13-14,20-21,24,27,29H,2-4,9,12,15H2,1H3,(H,28,30)(H,31,32)/t20-,21?,24?/m0/s1. The summed E-state index contributed by atoms with van der Waals surface area (Å²) in [5, 5.41) is 24.4. The molecular formula is C26H30N2O6. The molecule has 4 rings (SSSR count). The Balaban J connectivity index is 1.56. The molecule has 1 aromatic heterocycles. The Morgan fingerprint density at radius 2 is 1.91 bits per heavy atom. The first-order chi connectivity index (χ1) is 16.5. The van der Waals surface area contributed by atoms with Crippen molar-refractivity contribution in [2.24, 2.45) is 0 Å². The van der Waals surface area contributed by atoms with E-state index < -0.39 is 29.9 Å². The van der Waals surface area contributed by atoms with E-state index in [1.165, 1.54) is 0 Å². The molecule has 3 atom stereocenters. The van der Waals surface area contributed by atoms with E-state index in [0.717, 1.165) is 35.7 Å². The molecule has 3 aromatic rings. The van der Waals surface area contributed by atoms with Crippen LogP contribution >= 0.6 is 0 Å². The minimum absolute atomic E-state index is 0.0976. The minimum atomic E-state index is -1.15. The maximum atomic E-state index is 13.4. The summed E-state index contributed by atoms with van der Waals surface area (Å²) in [5.74, 6) is -1.52. The Labute approximate surface area is 197 Å². The Morgan fingerprint density at radius 1 is 1.12 bits per heavy atom. The van der Waals surface area contributed by atoms with Crippen molar-refractivity contribution in [3.8, 4) is 11.5 Å². The number of carboxylic acid groups (broad SMARTS) is 1. The van der Waals surface area contributed by atoms with E-state index >= 15 is 0 Å². The molecule has 0 radical (unpaired) electrons. The van der Waals surface area contributed by atoms with Gasteiger partial charge in [-0.25, -0.2) is 4.79 Å². The lowest BCUT2D eigenvalue weighted by Gasteiger charge is -2.25. The van der Waals surface area contributed by atoms with Crippen LogP contribution in [0.5, 0.6) is 11.5 Å². The zero-order chi connectivity index (χ0) is 24.1. The molecule has 2 aromatic carbocycles. The summed E-state index contributed by atoms with van der Waals surface area (Å²) in [6.45, 7) is 2.16. The fourth-order valence-corrected chi connectivity index (χ4v) is 4.41. The zero-order valence-electron chi connectivity index (χ0n) is 19.1. The van der Waals surface area contributed by atoms with Gasteiger partial charge in [-0.2, -0.15) is 0 Å². The summed E-state index contributed by atoms with van der Waals surface area (Å²) in [5.41, 5.74) is 2.26. The highest BCUT2D eigenvalue weighted by Crippen LogP contribution is 2.36. The number of aliphatic hydroxyl groups excluding tert-OH is 1. The lowest BCUT2D eigenvalue weighted by molar-refractivity contribution is -0.142. The fraction of sp³-hybridized carbons (Fsp3) is 0.385. The zero-order valence-corrected chi connectivity index (χ0v) is 19.1. The van der Waals surface area contributed by atoms with Crippen LogP contribution in [-0.2, 0) is 16.0 Å². The summed E-state index contributed by atoms with van der Waals surface area (Å²) >= 11 is 0. The molecule has 0 spiro atoms. The Hall–Kier alpha value is -3.52. The number of aromatic amines is 1. The monoisotopic (exact) mass is 466 g/mol. The van der Waals surface area contributed by atoms with Crippen LogP contribution in [0.25, 0.3) is 10.9 Å². The van der Waals surface area contributed by atoms with E-state index in [1.54, 1.807) is 24.4 Å². The molecule has 1 aliphatic heterocycles. The van der Waals surface area contributed by atoms with Gasteiger partial charge in [0.2, 0.25) is 12.7 Å². The molecule has 2 heterocycles. The SMILES string of the molecule is CCCCCC(O)C(C(=O)N[C@@H](Cc1c[nH]c2ccccc12)C(=O)O)c1ccc2c(c1)OCO2. The first kappa shape index (κ1) is 23.6. The van der Waals surface area contributed by atoms with Crippen LogP contribution in [0.15, 0.2) is 48.7 Å². The number of carboxylic acids is 1. The predicted octanol–water partition coefficient (Wildman–Crippen LogP) is 3.73. The first-order valence-electron chi connectivity index (χ1n) is 11.6. The number of unbranched alkanes of at least 4 members (excludes halogenated alkanes) is 2. The summed E-state index contributed by atoms with van der Waals surface area (Å²) in [4.78, 5) is 28.6. The molecule has 2 unspecified atom stereocenters. The molecule has 8 heteroatoms. The predicted molar refractivity (Wildman–Crippen MR) is 127 cm³/mol. The van der Waals surface area contributed by atoms with E-state index in [4.69, 9.17) is 9.47 Å². The van der Waals surface area contributed by atoms with Crippen molar-refractivity contribution in [1.29, 1.82) is 0 Å². The van der Waals surface area contributed by atoms with Gasteiger partial charge in [0.05, 0.1) is 12.0 Å². The first-order valence-corrected chi connectivity index (χ1v) is 11.6. The number of nitrogens with one attached hydrogen (secondary N) is 2. The van der Waals surface area contributed by atoms with Crippen molar-refractivity contribution < 1.29 is 29.3 Å². The normalized spacial score (nSPS) is 15.1. The van der Waals surface area contributed by atoms with E-state index in [-0.39, 0.29) is 13.2 Å². The molecule has 34 heavy (non-hydrogen) atoms. The number of rotatable bonds is 11. The summed E-state index contributed by atoms with van der Waals surface area (Å²) in [7, 11) is 0. The van der Waals surface area contributed by atoms with Gasteiger partial charge in [-0.15, -0.1) is 0 Å². The van der Waals surface area contributed by atoms with Gasteiger partial charge < -0.3 is 30.0 Å². The summed E-state index contributed by atoms with van der Waals surface area (Å²) in [6, 6.07) is 11.6. The molecule has 0 saturated carbocycles. The van der Waals surface area contributed by atoms with Gasteiger partial charge in [0.25, 0.3) is 0 Å². The third-order valence-corrected chi connectivity index (χ3v) is 6.24. The van der Waals surface area contributed by atoms with Gasteiger partial charge >= 0.3 is 5.97 Å². The van der Waals surface area contributed by atoms with Crippen LogP contribution in [0.2, 0.25) is 0 Å². The molecule has 1 aliphatic rings. The summed E-state index contributed by atoms with van der Waals surface area (Å²) in [6.07, 6.45) is 4.04. The second-order valence-electron chi connectivity index (χ2n) is 8.62. The maximum absolute atomic E-state index is 13.4. The van der Waals surface area contributed by atoms with Crippen molar-refractivity contribution in [3.05, 3.63) is 59.8 Å². The Bertz CT molecular complexity index is 1160. The number of aliphatic carboxylic acids is 1. The highest BCUT2D eigenvalue weighted by atomic mass is 16.7. The van der Waals surface area contributed by atoms with E-state index in [2.05, 4.69) is 17.2 Å². The van der Waals surface area contributed by atoms with Crippen molar-refractivity contribution >= 4 is 22.8 Å². The average molecular weight is 467 g/mol. The number of benzene rings is 2. The van der Waals surface area contributed by atoms with Crippen molar-refractivity contribution in [2.45, 2.75) is 57.1 Å². The number of aliphatic hydroxyl groups is 1. The Kier molecular flexibility index (Phi) is 7.37. The maximum Gasteiger partial charge on any atom is 0.326 e. The molecule has 0 saturated heterocycles. The van der Waals surface area contributed by atoms with Crippen LogP contribution in [0.1, 0.15) is 49.7 Å². The highest BCUT2D eigenvalue weighted by Gasteiger charge is 2.33. The quantitative estimate of drug-likeness (QED) is 0.320. The van der Waals surface area contributed by atoms with Crippen LogP contribution in [0.3, 0.4) is 0 Å². The van der Waals surface area contributed by atoms with Crippen LogP contribution in [0.4, 0.5) is 0 Å². The van der Waals surface area contributed by atoms with Crippen LogP contribution < -0.4 is 14.8 Å². The highest BCUT2D eigenvalue weighted by molar-refractivity contribution is 5.90. The number of aromatic nitrogens is 1. The third kappa shape index (κ3) is 5.17. The molecule has 0 aliphatic carbocycles. The second-order valence-corrected chi connectivity index (χ2v) is 8.62. The van der Waals surface area contributed by atoms with Crippen LogP contribution in [0, 0.1) is 0 Å². The van der Waals surface area contributed by atoms with Gasteiger partial charge in [0.1, 0.15) is 6.04 Å². The molecule has 180 valence electrons. The van der Waals surface area contributed by atoms with E-state index in [9.17, 15) is 19.8 Å². The minimum Gasteiger partial charge on any atom is -0.480 e. The molecule has 4 N–H and O–H groups in total. The number of amides is 1. The molecule has 1 amide bonds. The Morgan fingerprint density at radius 3 is 2.71 bits per heavy atom. The van der Waals surface area contributed by atoms with Gasteiger partial charge in [0, 0.05) is 23.5 Å². The number of carbonyl (C=O) groups excluding carboxylic acids is 1. The average Bonchev–Trinajstić information content (AvgIpc) is 3.45. The van der Waals surface area contributed by atoms with Crippen molar-refractivity contribution in [3.63, 3.8) is 0 Å². The van der Waals surface area contributed by atoms with Gasteiger partial charge in [-0.05, 0) is 35.7 Å². The van der Waals surface area contributed by atoms with Gasteiger partial charge in [-0.1, -0.05) is 50.5 Å². The lowest BCUT2D eigenvalue weighted by atomic mass is 9.88. The molecule has 0 bridgehead atoms. The van der Waals surface area contributed by atoms with E-state index in [0.29, 0.717) is 23.5 Å². The van der Waals surface area contributed by atoms with E-state index in [1.807, 2.05) is 24.3 Å². The topological polar surface area (TPSA) is 121 Å². The smallest absolute Gasteiger partial charge is 0.326 e. The molecule has 0 fully saturated rings. The number of H-pyrrole nitrogens is 1. The fourth-order valence-electron chi connectivity index (χ4n) is 4.41. The number of fused-ring (bicyclic) bond motifs is 2. The number of para-hydroxylation sites is 1. The van der Waals surface area contributed by atoms with Gasteiger partial charge in [0.15, 0.2) is 11.5 Å².